The van der Waals surface area contributed by atoms with E-state index >= 15 is 0 Å². The van der Waals surface area contributed by atoms with Crippen LogP contribution in [0.3, 0.4) is 0 Å². The summed E-state index contributed by atoms with van der Waals surface area (Å²) in [6, 6.07) is 20.9. The Morgan fingerprint density at radius 2 is 1.55 bits per heavy atom. The quantitative estimate of drug-likeness (QED) is 0.131. The van der Waals surface area contributed by atoms with E-state index in [1.807, 2.05) is 12.1 Å². The molecule has 2 fully saturated rings. The highest BCUT2D eigenvalue weighted by Gasteiger charge is 2.19. The molecule has 2 saturated heterocycles. The van der Waals surface area contributed by atoms with Crippen molar-refractivity contribution < 1.29 is 23.6 Å². The molecule has 55 heavy (non-hydrogen) atoms. The van der Waals surface area contributed by atoms with Gasteiger partial charge in [0.25, 0.3) is 6.47 Å². The molecule has 12 heteroatoms. The summed E-state index contributed by atoms with van der Waals surface area (Å²) in [5.74, 6) is 2.88. The van der Waals surface area contributed by atoms with Gasteiger partial charge in [-0.25, -0.2) is 0 Å². The Morgan fingerprint density at radius 3 is 2.24 bits per heavy atom. The number of likely N-dealkylation sites (tertiary alicyclic amines) is 1. The van der Waals surface area contributed by atoms with Crippen molar-refractivity contribution >= 4 is 28.9 Å². The minimum Gasteiger partial charge on any atom is -0.488 e. The summed E-state index contributed by atoms with van der Waals surface area (Å²) in [6.45, 7) is 12.4. The normalized spacial score (nSPS) is 15.2. The average Bonchev–Trinajstić information content (AvgIpc) is 3.19. The minimum absolute atomic E-state index is 0.250. The fourth-order valence-electron chi connectivity index (χ4n) is 7.11. The number of piperidine rings is 1. The molecule has 292 valence electrons. The second kappa shape index (κ2) is 21.1. The Kier molecular flexibility index (Phi) is 16.1. The molecule has 0 amide bonds. The largest absolute Gasteiger partial charge is 0.488 e. The first-order valence-electron chi connectivity index (χ1n) is 18.8. The predicted octanol–water partition coefficient (Wildman–Crippen LogP) is 7.23. The van der Waals surface area contributed by atoms with E-state index in [0.29, 0.717) is 22.9 Å². The first-order chi connectivity index (χ1) is 26.7. The molecule has 6 rings (SSSR count). The Balaban J connectivity index is 0.00000187. The molecule has 4 aromatic rings. The lowest BCUT2D eigenvalue weighted by Gasteiger charge is -2.28. The van der Waals surface area contributed by atoms with Crippen LogP contribution in [0.4, 0.5) is 0 Å². The first-order valence-corrected chi connectivity index (χ1v) is 20.7. The first kappa shape index (κ1) is 41.8. The third-order valence-electron chi connectivity index (χ3n) is 10.3. The van der Waals surface area contributed by atoms with Gasteiger partial charge in [-0.15, -0.1) is 0 Å². The van der Waals surface area contributed by atoms with Crippen molar-refractivity contribution in [1.82, 2.24) is 19.7 Å². The third-order valence-corrected chi connectivity index (χ3v) is 11.9. The number of rotatable bonds is 14. The average molecular weight is 786 g/mol. The predicted molar refractivity (Wildman–Crippen MR) is 219 cm³/mol. The van der Waals surface area contributed by atoms with Gasteiger partial charge in [-0.05, 0) is 92.3 Å². The molecule has 2 aliphatic heterocycles. The van der Waals surface area contributed by atoms with E-state index in [2.05, 4.69) is 83.0 Å². The van der Waals surface area contributed by atoms with Crippen LogP contribution in [-0.4, -0.2) is 93.3 Å². The summed E-state index contributed by atoms with van der Waals surface area (Å²) in [5.41, 5.74) is 9.66. The minimum atomic E-state index is -0.643. The van der Waals surface area contributed by atoms with E-state index in [1.165, 1.54) is 47.1 Å². The fourth-order valence-corrected chi connectivity index (χ4v) is 8.48. The number of likely N-dealkylation sites (N-methyl/N-ethyl adjacent to an activating group) is 1. The second-order valence-corrected chi connectivity index (χ2v) is 16.3. The van der Waals surface area contributed by atoms with Gasteiger partial charge in [0.15, 0.2) is 0 Å². The highest BCUT2D eigenvalue weighted by Crippen LogP contribution is 2.36. The van der Waals surface area contributed by atoms with Gasteiger partial charge in [-0.2, -0.15) is 5.26 Å². The van der Waals surface area contributed by atoms with Gasteiger partial charge in [0.05, 0.1) is 10.6 Å². The number of pyridine rings is 1. The van der Waals surface area contributed by atoms with Crippen molar-refractivity contribution in [2.45, 2.75) is 59.4 Å². The number of nitriles is 1. The Hall–Kier alpha value is -4.31. The molecule has 10 nitrogen and oxygen atoms in total. The van der Waals surface area contributed by atoms with E-state index in [4.69, 9.17) is 31.0 Å². The van der Waals surface area contributed by atoms with Crippen LogP contribution in [0, 0.1) is 25.2 Å². The standard InChI is InChI=1S/C42H50ClN5O3S.CH2O2/c1-31-35(27-46(3)15-16-47-17-19-52(49)20-18-47)9-7-11-38(31)39-12-8-10-36(32(39)2)30-51-42-23-41(50-29-34-21-33(24-44)25-45-26-34)37(22-40(42)43)28-48-13-5-4-6-14-48;2-1-3/h7-12,21-23,25-26H,4-6,13-20,27-30H2,1-3H3;1H,(H,2,3). The van der Waals surface area contributed by atoms with Gasteiger partial charge in [0.2, 0.25) is 0 Å². The van der Waals surface area contributed by atoms with Crippen molar-refractivity contribution in [3.63, 3.8) is 0 Å². The number of carboxylic acid groups (broad SMARTS) is 1. The smallest absolute Gasteiger partial charge is 0.290 e. The van der Waals surface area contributed by atoms with Crippen LogP contribution in [0.15, 0.2) is 67.0 Å². The summed E-state index contributed by atoms with van der Waals surface area (Å²) in [4.78, 5) is 19.8. The zero-order chi connectivity index (χ0) is 39.2. The van der Waals surface area contributed by atoms with Crippen LogP contribution in [0.25, 0.3) is 11.1 Å². The number of hydrogen-bond acceptors (Lipinski definition) is 9. The maximum absolute atomic E-state index is 11.7. The topological polar surface area (TPSA) is 119 Å². The van der Waals surface area contributed by atoms with Gasteiger partial charge in [-0.3, -0.25) is 18.9 Å². The van der Waals surface area contributed by atoms with Crippen LogP contribution < -0.4 is 9.47 Å². The number of hydrogen-bond donors (Lipinski definition) is 1. The van der Waals surface area contributed by atoms with Gasteiger partial charge in [0, 0.05) is 91.2 Å². The monoisotopic (exact) mass is 785 g/mol. The zero-order valence-electron chi connectivity index (χ0n) is 32.1. The van der Waals surface area contributed by atoms with Crippen LogP contribution in [0.1, 0.15) is 58.2 Å². The van der Waals surface area contributed by atoms with Crippen LogP contribution in [0.5, 0.6) is 11.5 Å². The Morgan fingerprint density at radius 1 is 0.891 bits per heavy atom. The molecule has 0 unspecified atom stereocenters. The number of carbonyl (C=O) groups is 1. The molecule has 3 heterocycles. The number of benzene rings is 3. The zero-order valence-corrected chi connectivity index (χ0v) is 33.7. The molecule has 0 atom stereocenters. The Labute approximate surface area is 333 Å². The van der Waals surface area contributed by atoms with Gasteiger partial charge >= 0.3 is 0 Å². The highest BCUT2D eigenvalue weighted by molar-refractivity contribution is 7.85. The van der Waals surface area contributed by atoms with E-state index < -0.39 is 10.8 Å². The lowest BCUT2D eigenvalue weighted by atomic mass is 9.91. The molecule has 0 bridgehead atoms. The van der Waals surface area contributed by atoms with Crippen molar-refractivity contribution in [2.24, 2.45) is 0 Å². The summed E-state index contributed by atoms with van der Waals surface area (Å²) < 4.78 is 24.6. The second-order valence-electron chi connectivity index (χ2n) is 14.2. The van der Waals surface area contributed by atoms with E-state index in [0.717, 1.165) is 86.3 Å². The molecule has 3 aromatic carbocycles. The molecule has 1 aromatic heterocycles. The van der Waals surface area contributed by atoms with Crippen molar-refractivity contribution in [2.75, 3.05) is 57.8 Å². The molecular weight excluding hydrogens is 734 g/mol. The molecular formula is C43H52ClN5O5S. The molecule has 1 N–H and O–H groups in total. The third kappa shape index (κ3) is 12.1. The maximum Gasteiger partial charge on any atom is 0.290 e. The van der Waals surface area contributed by atoms with Crippen molar-refractivity contribution in [3.05, 3.63) is 111 Å². The number of ether oxygens (including phenoxy) is 2. The van der Waals surface area contributed by atoms with E-state index in [9.17, 15) is 9.47 Å². The molecule has 0 spiro atoms. The van der Waals surface area contributed by atoms with E-state index in [-0.39, 0.29) is 13.1 Å². The highest BCUT2D eigenvalue weighted by atomic mass is 35.5. The van der Waals surface area contributed by atoms with Crippen LogP contribution >= 0.6 is 11.6 Å². The lowest BCUT2D eigenvalue weighted by Crippen LogP contribution is -2.41. The molecule has 0 radical (unpaired) electrons. The van der Waals surface area contributed by atoms with Gasteiger partial charge in [-0.1, -0.05) is 54.4 Å². The van der Waals surface area contributed by atoms with Gasteiger partial charge in [0.1, 0.15) is 30.8 Å². The fraction of sp³-hybridized carbons (Fsp3) is 0.419. The van der Waals surface area contributed by atoms with Crippen LogP contribution in [0.2, 0.25) is 5.02 Å². The summed E-state index contributed by atoms with van der Waals surface area (Å²) >= 11 is 6.90. The van der Waals surface area contributed by atoms with Crippen molar-refractivity contribution in [3.8, 4) is 28.7 Å². The van der Waals surface area contributed by atoms with Crippen LogP contribution in [-0.2, 0) is 41.9 Å². The van der Waals surface area contributed by atoms with Crippen molar-refractivity contribution in [1.29, 1.82) is 5.26 Å². The summed E-state index contributed by atoms with van der Waals surface area (Å²) in [5, 5.41) is 16.8. The van der Waals surface area contributed by atoms with E-state index in [1.54, 1.807) is 18.5 Å². The molecule has 0 saturated carbocycles. The summed E-state index contributed by atoms with van der Waals surface area (Å²) in [7, 11) is 1.54. The number of nitrogens with zero attached hydrogens (tertiary/aromatic N) is 5. The number of halogens is 1. The maximum atomic E-state index is 11.7. The molecule has 2 aliphatic rings. The van der Waals surface area contributed by atoms with Gasteiger partial charge < -0.3 is 24.4 Å². The molecule has 0 aliphatic carbocycles. The lowest BCUT2D eigenvalue weighted by molar-refractivity contribution is -0.122. The Bertz CT molecular complexity index is 1950. The number of aromatic nitrogens is 1. The summed E-state index contributed by atoms with van der Waals surface area (Å²) in [6.07, 6.45) is 6.94. The SMILES string of the molecule is Cc1c(COc2cc(OCc3cncc(C#N)c3)c(CN3CCCCC3)cc2Cl)cccc1-c1cccc(CN(C)CCN2CCS(=O)CC2)c1C.O=CO.